The van der Waals surface area contributed by atoms with Crippen LogP contribution in [0.5, 0.6) is 11.8 Å². The predicted molar refractivity (Wildman–Crippen MR) is 110 cm³/mol. The van der Waals surface area contributed by atoms with Gasteiger partial charge in [-0.3, -0.25) is 4.79 Å². The van der Waals surface area contributed by atoms with Crippen LogP contribution in [0.4, 0.5) is 0 Å². The summed E-state index contributed by atoms with van der Waals surface area (Å²) >= 11 is 0. The highest BCUT2D eigenvalue weighted by Crippen LogP contribution is 2.31. The number of carbonyl (C=O) groups is 1. The number of benzene rings is 1. The number of morpholine rings is 1. The maximum atomic E-state index is 13.3. The second-order valence-electron chi connectivity index (χ2n) is 6.83. The molecule has 1 saturated heterocycles. The lowest BCUT2D eigenvalue weighted by atomic mass is 9.97. The number of rotatable bonds is 6. The van der Waals surface area contributed by atoms with Crippen LogP contribution in [0.2, 0.25) is 0 Å². The summed E-state index contributed by atoms with van der Waals surface area (Å²) in [4.78, 5) is 23.5. The van der Waals surface area contributed by atoms with Gasteiger partial charge < -0.3 is 19.1 Å². The zero-order valence-electron chi connectivity index (χ0n) is 16.7. The maximum absolute atomic E-state index is 13.3. The van der Waals surface area contributed by atoms with Gasteiger partial charge in [0.05, 0.1) is 25.3 Å². The Labute approximate surface area is 175 Å². The number of amides is 1. The number of nitrogens with zero attached hydrogens (tertiary/aromatic N) is 3. The molecule has 1 aliphatic rings. The zero-order valence-corrected chi connectivity index (χ0v) is 16.7. The Hall–Kier alpha value is -3.45. The van der Waals surface area contributed by atoms with E-state index in [2.05, 4.69) is 9.97 Å². The summed E-state index contributed by atoms with van der Waals surface area (Å²) in [6, 6.07) is 18.5. The van der Waals surface area contributed by atoms with Crippen molar-refractivity contribution in [2.24, 2.45) is 0 Å². The fourth-order valence-corrected chi connectivity index (χ4v) is 3.54. The van der Waals surface area contributed by atoms with Crippen LogP contribution in [-0.2, 0) is 4.74 Å². The third-order valence-electron chi connectivity index (χ3n) is 4.98. The molecule has 30 heavy (non-hydrogen) atoms. The lowest BCUT2D eigenvalue weighted by molar-refractivity contribution is -0.0774. The molecule has 3 aromatic rings. The van der Waals surface area contributed by atoms with E-state index in [-0.39, 0.29) is 24.7 Å². The normalized spacial score (nSPS) is 18.6. The van der Waals surface area contributed by atoms with E-state index < -0.39 is 0 Å². The number of hydrogen-bond donors (Lipinski definition) is 0. The maximum Gasteiger partial charge on any atom is 0.256 e. The molecule has 154 valence electrons. The molecule has 1 fully saturated rings. The lowest BCUT2D eigenvalue weighted by Crippen LogP contribution is -2.50. The smallest absolute Gasteiger partial charge is 0.256 e. The molecule has 3 heterocycles. The van der Waals surface area contributed by atoms with E-state index in [1.807, 2.05) is 47.4 Å². The molecule has 7 heteroatoms. The van der Waals surface area contributed by atoms with Crippen molar-refractivity contribution in [3.05, 3.63) is 84.2 Å². The Morgan fingerprint density at radius 1 is 1.07 bits per heavy atom. The van der Waals surface area contributed by atoms with Crippen LogP contribution in [0, 0.1) is 0 Å². The molecule has 0 aliphatic carbocycles. The van der Waals surface area contributed by atoms with E-state index in [4.69, 9.17) is 14.2 Å². The highest BCUT2D eigenvalue weighted by Gasteiger charge is 2.37. The van der Waals surface area contributed by atoms with E-state index in [1.165, 1.54) is 6.20 Å². The van der Waals surface area contributed by atoms with E-state index in [0.29, 0.717) is 30.5 Å². The summed E-state index contributed by atoms with van der Waals surface area (Å²) in [6.45, 7) is 1.18. The van der Waals surface area contributed by atoms with E-state index in [9.17, 15) is 4.79 Å². The van der Waals surface area contributed by atoms with E-state index in [0.717, 1.165) is 5.56 Å². The number of carbonyl (C=O) groups excluding carboxylic acids is 1. The van der Waals surface area contributed by atoms with Gasteiger partial charge in [-0.15, -0.1) is 0 Å². The number of methoxy groups -OCH3 is 1. The van der Waals surface area contributed by atoms with Crippen molar-refractivity contribution in [3.8, 4) is 11.8 Å². The number of hydrogen-bond acceptors (Lipinski definition) is 6. The van der Waals surface area contributed by atoms with Crippen molar-refractivity contribution in [2.75, 3.05) is 26.9 Å². The summed E-state index contributed by atoms with van der Waals surface area (Å²) in [6.07, 6.45) is 2.88. The molecule has 1 amide bonds. The molecule has 1 aliphatic heterocycles. The molecule has 1 aromatic carbocycles. The lowest BCUT2D eigenvalue weighted by Gasteiger charge is -2.41. The quantitative estimate of drug-likeness (QED) is 0.627. The predicted octanol–water partition coefficient (Wildman–Crippen LogP) is 3.15. The molecule has 2 aromatic heterocycles. The zero-order chi connectivity index (χ0) is 20.8. The second-order valence-corrected chi connectivity index (χ2v) is 6.83. The van der Waals surface area contributed by atoms with Gasteiger partial charge in [-0.1, -0.05) is 36.4 Å². The van der Waals surface area contributed by atoms with Gasteiger partial charge in [0.2, 0.25) is 11.8 Å². The Morgan fingerprint density at radius 2 is 1.90 bits per heavy atom. The summed E-state index contributed by atoms with van der Waals surface area (Å²) in [5, 5.41) is 0. The molecule has 0 saturated carbocycles. The summed E-state index contributed by atoms with van der Waals surface area (Å²) in [5.41, 5.74) is 1.49. The number of ether oxygens (including phenoxy) is 3. The first-order chi connectivity index (χ1) is 14.8. The van der Waals surface area contributed by atoms with Crippen molar-refractivity contribution >= 4 is 5.91 Å². The van der Waals surface area contributed by atoms with E-state index >= 15 is 0 Å². The van der Waals surface area contributed by atoms with Crippen LogP contribution in [0.15, 0.2) is 73.1 Å². The van der Waals surface area contributed by atoms with Crippen LogP contribution in [0.25, 0.3) is 0 Å². The Kier molecular flexibility index (Phi) is 6.20. The van der Waals surface area contributed by atoms with Crippen molar-refractivity contribution in [3.63, 3.8) is 0 Å². The Bertz CT molecular complexity index is 951. The molecule has 7 nitrogen and oxygen atoms in total. The first-order valence-electron chi connectivity index (χ1n) is 9.77. The summed E-state index contributed by atoms with van der Waals surface area (Å²) < 4.78 is 17.0. The average Bonchev–Trinajstić information content (AvgIpc) is 2.83. The van der Waals surface area contributed by atoms with Gasteiger partial charge in [0, 0.05) is 31.1 Å². The first kappa shape index (κ1) is 19.8. The summed E-state index contributed by atoms with van der Waals surface area (Å²) in [7, 11) is 1.55. The van der Waals surface area contributed by atoms with Crippen LogP contribution >= 0.6 is 0 Å². The van der Waals surface area contributed by atoms with E-state index in [1.54, 1.807) is 31.5 Å². The Balaban J connectivity index is 1.59. The van der Waals surface area contributed by atoms with Crippen LogP contribution in [0.1, 0.15) is 22.0 Å². The highest BCUT2D eigenvalue weighted by molar-refractivity contribution is 5.94. The average molecular weight is 405 g/mol. The van der Waals surface area contributed by atoms with Gasteiger partial charge in [0.15, 0.2) is 0 Å². The molecular formula is C23H23N3O4. The molecule has 0 N–H and O–H groups in total. The largest absolute Gasteiger partial charge is 0.481 e. The molecular weight excluding hydrogens is 382 g/mol. The number of pyridine rings is 2. The third kappa shape index (κ3) is 4.41. The van der Waals surface area contributed by atoms with Crippen LogP contribution < -0.4 is 9.47 Å². The van der Waals surface area contributed by atoms with Gasteiger partial charge in [0.25, 0.3) is 5.91 Å². The molecule has 0 bridgehead atoms. The van der Waals surface area contributed by atoms with Gasteiger partial charge in [-0.25, -0.2) is 9.97 Å². The van der Waals surface area contributed by atoms with Crippen molar-refractivity contribution in [1.29, 1.82) is 0 Å². The monoisotopic (exact) mass is 405 g/mol. The van der Waals surface area contributed by atoms with Crippen molar-refractivity contribution in [1.82, 2.24) is 14.9 Å². The van der Waals surface area contributed by atoms with Crippen molar-refractivity contribution < 1.29 is 19.0 Å². The Morgan fingerprint density at radius 3 is 2.60 bits per heavy atom. The fraction of sp³-hybridized carbons (Fsp3) is 0.261. The minimum atomic E-state index is -0.335. The van der Waals surface area contributed by atoms with Gasteiger partial charge in [-0.2, -0.15) is 0 Å². The number of aromatic nitrogens is 2. The first-order valence-corrected chi connectivity index (χ1v) is 9.77. The summed E-state index contributed by atoms with van der Waals surface area (Å²) in [5.74, 6) is 0.885. The van der Waals surface area contributed by atoms with Crippen LogP contribution in [-0.4, -0.2) is 53.7 Å². The SMILES string of the molecule is COc1ccc(C(=O)N2CCO[C@@H](COc3ccccn3)[C@@H]2c2ccccc2)cn1. The second kappa shape index (κ2) is 9.37. The molecule has 0 unspecified atom stereocenters. The minimum Gasteiger partial charge on any atom is -0.481 e. The van der Waals surface area contributed by atoms with Crippen molar-refractivity contribution in [2.45, 2.75) is 12.1 Å². The van der Waals surface area contributed by atoms with Gasteiger partial charge >= 0.3 is 0 Å². The standard InChI is InChI=1S/C23H23N3O4/c1-28-20-11-10-18(15-25-20)23(27)26-13-14-29-19(16-30-21-9-5-6-12-24-21)22(26)17-7-3-2-4-8-17/h2-12,15,19,22H,13-14,16H2,1H3/t19-,22-/m0/s1. The molecule has 4 rings (SSSR count). The fourth-order valence-electron chi connectivity index (χ4n) is 3.54. The third-order valence-corrected chi connectivity index (χ3v) is 4.98. The minimum absolute atomic E-state index is 0.106. The molecule has 0 spiro atoms. The van der Waals surface area contributed by atoms with Gasteiger partial charge in [0.1, 0.15) is 12.7 Å². The molecule has 0 radical (unpaired) electrons. The van der Waals surface area contributed by atoms with Gasteiger partial charge in [-0.05, 0) is 17.7 Å². The van der Waals surface area contributed by atoms with Crippen LogP contribution in [0.3, 0.4) is 0 Å². The molecule has 2 atom stereocenters. The topological polar surface area (TPSA) is 73.8 Å². The highest BCUT2D eigenvalue weighted by atomic mass is 16.5.